The molecule has 0 aliphatic rings. The average Bonchev–Trinajstić information content (AvgIpc) is 2.44. The summed E-state index contributed by atoms with van der Waals surface area (Å²) in [6.07, 6.45) is 10.9. The Hall–Kier alpha value is -0.311. The van der Waals surface area contributed by atoms with Gasteiger partial charge in [0.25, 0.3) is 0 Å². The summed E-state index contributed by atoms with van der Waals surface area (Å²) >= 11 is 0. The molecule has 121 valence electrons. The van der Waals surface area contributed by atoms with Crippen LogP contribution >= 0.6 is 0 Å². The van der Waals surface area contributed by atoms with Gasteiger partial charge in [0, 0.05) is 0 Å². The quantitative estimate of drug-likeness (QED) is 0.263. The predicted molar refractivity (Wildman–Crippen MR) is 86.2 cm³/mol. The molecule has 1 aromatic rings. The van der Waals surface area contributed by atoms with Crippen molar-refractivity contribution in [3.05, 3.63) is 36.8 Å². The van der Waals surface area contributed by atoms with Crippen LogP contribution in [0.4, 0.5) is 0 Å². The van der Waals surface area contributed by atoms with Crippen molar-refractivity contribution in [2.24, 2.45) is 0 Å². The largest absolute Gasteiger partial charge is 2.00 e. The molecule has 1 aromatic carbocycles. The SMILES string of the molecule is Cc1ccc([S-](=O)=O)cc1.[CH2-]CCCCCCCCC.[Mn+2]. The van der Waals surface area contributed by atoms with E-state index in [2.05, 4.69) is 13.8 Å². The third kappa shape index (κ3) is 14.4. The topological polar surface area (TPSA) is 34.1 Å². The molecule has 0 amide bonds. The maximum absolute atomic E-state index is 10.3. The Morgan fingerprint density at radius 3 is 1.81 bits per heavy atom. The Labute approximate surface area is 143 Å². The van der Waals surface area contributed by atoms with E-state index < -0.39 is 10.7 Å². The molecule has 0 bridgehead atoms. The van der Waals surface area contributed by atoms with Crippen LogP contribution in [-0.2, 0) is 36.2 Å². The van der Waals surface area contributed by atoms with E-state index in [0.29, 0.717) is 4.90 Å². The van der Waals surface area contributed by atoms with Crippen molar-refractivity contribution in [1.82, 2.24) is 0 Å². The van der Waals surface area contributed by atoms with Gasteiger partial charge < -0.3 is 15.3 Å². The molecule has 0 saturated carbocycles. The fourth-order valence-corrected chi connectivity index (χ4v) is 2.14. The van der Waals surface area contributed by atoms with Crippen LogP contribution in [0.15, 0.2) is 29.2 Å². The van der Waals surface area contributed by atoms with Crippen molar-refractivity contribution in [3.8, 4) is 0 Å². The molecule has 0 aliphatic heterocycles. The minimum atomic E-state index is -2.09. The Morgan fingerprint density at radius 2 is 1.38 bits per heavy atom. The van der Waals surface area contributed by atoms with E-state index in [4.69, 9.17) is 0 Å². The van der Waals surface area contributed by atoms with E-state index in [1.807, 2.05) is 6.92 Å². The van der Waals surface area contributed by atoms with Crippen molar-refractivity contribution in [2.45, 2.75) is 70.1 Å². The first kappa shape index (κ1) is 23.0. The molecule has 21 heavy (non-hydrogen) atoms. The van der Waals surface area contributed by atoms with Gasteiger partial charge in [-0.25, -0.2) is 0 Å². The fraction of sp³-hybridized carbons (Fsp3) is 0.588. The number of hydrogen-bond acceptors (Lipinski definition) is 3. The van der Waals surface area contributed by atoms with Gasteiger partial charge in [0.05, 0.1) is 0 Å². The predicted octanol–water partition coefficient (Wildman–Crippen LogP) is 5.62. The number of hydrogen-bond donors (Lipinski definition) is 0. The number of benzene rings is 1. The van der Waals surface area contributed by atoms with E-state index in [-0.39, 0.29) is 17.1 Å². The molecule has 0 N–H and O–H groups in total. The summed E-state index contributed by atoms with van der Waals surface area (Å²) in [6, 6.07) is 6.70. The first-order valence-corrected chi connectivity index (χ1v) is 8.64. The van der Waals surface area contributed by atoms with Crippen LogP contribution < -0.4 is 0 Å². The maximum Gasteiger partial charge on any atom is 2.00 e. The monoisotopic (exact) mass is 351 g/mol. The van der Waals surface area contributed by atoms with Gasteiger partial charge in [-0.2, -0.15) is 6.42 Å². The zero-order chi connectivity index (χ0) is 15.2. The maximum atomic E-state index is 10.3. The standard InChI is InChI=1S/C10H21.C7H7O2S.Mn/c1-3-5-7-9-10-8-6-4-2;1-6-2-4-7(5-3-6)10(8)9;/h1,3-10H2,2H3;2-5H,1H3;/q2*-1;+2. The minimum Gasteiger partial charge on any atom is -0.420 e. The third-order valence-corrected chi connectivity index (χ3v) is 3.72. The summed E-state index contributed by atoms with van der Waals surface area (Å²) in [5.74, 6) is 0. The normalized spacial score (nSPS) is 9.71. The molecule has 0 aliphatic carbocycles. The number of rotatable bonds is 8. The van der Waals surface area contributed by atoms with Crippen molar-refractivity contribution < 1.29 is 25.5 Å². The third-order valence-electron chi connectivity index (χ3n) is 3.07. The van der Waals surface area contributed by atoms with Crippen molar-refractivity contribution >= 4 is 10.7 Å². The Kier molecular flexibility index (Phi) is 17.6. The molecule has 0 fully saturated rings. The van der Waals surface area contributed by atoms with E-state index in [1.54, 1.807) is 24.3 Å². The summed E-state index contributed by atoms with van der Waals surface area (Å²) in [4.78, 5) is 0.339. The molecule has 0 aromatic heterocycles. The van der Waals surface area contributed by atoms with Crippen LogP contribution in [0.1, 0.15) is 63.9 Å². The number of unbranched alkanes of at least 4 members (excludes halogenated alkanes) is 7. The van der Waals surface area contributed by atoms with E-state index in [9.17, 15) is 8.42 Å². The summed E-state index contributed by atoms with van der Waals surface area (Å²) in [5.41, 5.74) is 1.06. The van der Waals surface area contributed by atoms with Crippen LogP contribution in [0.25, 0.3) is 0 Å². The fourth-order valence-electron chi connectivity index (χ4n) is 1.78. The minimum absolute atomic E-state index is 0. The summed E-state index contributed by atoms with van der Waals surface area (Å²) in [6.45, 7) is 7.99. The smallest absolute Gasteiger partial charge is 0.420 e. The second-order valence-electron chi connectivity index (χ2n) is 5.02. The summed E-state index contributed by atoms with van der Waals surface area (Å²) < 4.78 is 20.6. The van der Waals surface area contributed by atoms with Crippen LogP contribution in [0.5, 0.6) is 0 Å². The molecule has 2 nitrogen and oxygen atoms in total. The molecule has 1 radical (unpaired) electrons. The first-order chi connectivity index (χ1) is 9.61. The van der Waals surface area contributed by atoms with Crippen LogP contribution in [0.2, 0.25) is 0 Å². The first-order valence-electron chi connectivity index (χ1n) is 7.57. The zero-order valence-corrected chi connectivity index (χ0v) is 15.3. The van der Waals surface area contributed by atoms with Crippen molar-refractivity contribution in [3.63, 3.8) is 0 Å². The second kappa shape index (κ2) is 16.1. The van der Waals surface area contributed by atoms with Crippen LogP contribution in [-0.4, -0.2) is 0 Å². The van der Waals surface area contributed by atoms with Gasteiger partial charge in [-0.3, -0.25) is 0 Å². The van der Waals surface area contributed by atoms with Gasteiger partial charge in [-0.15, -0.1) is 0 Å². The second-order valence-corrected chi connectivity index (χ2v) is 5.96. The number of aryl methyl sites for hydroxylation is 1. The van der Waals surface area contributed by atoms with Gasteiger partial charge in [-0.05, 0) is 17.6 Å². The van der Waals surface area contributed by atoms with Crippen LogP contribution in [0.3, 0.4) is 0 Å². The summed E-state index contributed by atoms with van der Waals surface area (Å²) in [7, 11) is -2.09. The Morgan fingerprint density at radius 1 is 0.905 bits per heavy atom. The summed E-state index contributed by atoms with van der Waals surface area (Å²) in [5, 5.41) is 0. The molecule has 0 saturated heterocycles. The van der Waals surface area contributed by atoms with Crippen molar-refractivity contribution in [1.29, 1.82) is 0 Å². The van der Waals surface area contributed by atoms with Gasteiger partial charge in [0.2, 0.25) is 0 Å². The molecule has 4 heteroatoms. The van der Waals surface area contributed by atoms with E-state index >= 15 is 0 Å². The average molecular weight is 351 g/mol. The zero-order valence-electron chi connectivity index (χ0n) is 13.3. The van der Waals surface area contributed by atoms with Gasteiger partial charge in [0.1, 0.15) is 0 Å². The molecule has 0 heterocycles. The van der Waals surface area contributed by atoms with E-state index in [1.165, 1.54) is 44.9 Å². The van der Waals surface area contributed by atoms with Gasteiger partial charge >= 0.3 is 17.1 Å². The van der Waals surface area contributed by atoms with Gasteiger partial charge in [-0.1, -0.05) is 86.6 Å². The molecule has 0 atom stereocenters. The molecule has 0 spiro atoms. The molecular formula is C17H28MnO2S. The molecular weight excluding hydrogens is 323 g/mol. The van der Waals surface area contributed by atoms with E-state index in [0.717, 1.165) is 12.0 Å². The molecule has 1 rings (SSSR count). The van der Waals surface area contributed by atoms with Gasteiger partial charge in [0.15, 0.2) is 0 Å². The Bertz CT molecular complexity index is 384. The molecule has 0 unspecified atom stereocenters. The van der Waals surface area contributed by atoms with Crippen molar-refractivity contribution in [2.75, 3.05) is 0 Å². The Balaban J connectivity index is 0. The van der Waals surface area contributed by atoms with Crippen LogP contribution in [0, 0.1) is 13.8 Å².